The van der Waals surface area contributed by atoms with E-state index < -0.39 is 0 Å². The summed E-state index contributed by atoms with van der Waals surface area (Å²) in [6.07, 6.45) is 2.02. The van der Waals surface area contributed by atoms with Crippen molar-refractivity contribution in [3.05, 3.63) is 43.9 Å². The fourth-order valence-corrected chi connectivity index (χ4v) is 3.88. The number of aromatic nitrogens is 1. The van der Waals surface area contributed by atoms with Crippen LogP contribution >= 0.6 is 27.3 Å². The number of thiazole rings is 1. The number of nitrogens with one attached hydrogen (secondary N) is 1. The van der Waals surface area contributed by atoms with Crippen molar-refractivity contribution in [1.82, 2.24) is 4.98 Å². The third-order valence-electron chi connectivity index (χ3n) is 3.32. The van der Waals surface area contributed by atoms with Gasteiger partial charge in [0.25, 0.3) is 0 Å². The Morgan fingerprint density at radius 1 is 1.16 bits per heavy atom. The van der Waals surface area contributed by atoms with Crippen molar-refractivity contribution >= 4 is 32.4 Å². The van der Waals surface area contributed by atoms with E-state index in [-0.39, 0.29) is 0 Å². The maximum absolute atomic E-state index is 4.58. The van der Waals surface area contributed by atoms with Crippen LogP contribution in [-0.4, -0.2) is 12.0 Å². The zero-order chi connectivity index (χ0) is 14.0. The van der Waals surface area contributed by atoms with Gasteiger partial charge in [-0.2, -0.15) is 0 Å². The van der Waals surface area contributed by atoms with Gasteiger partial charge in [0.2, 0.25) is 0 Å². The summed E-state index contributed by atoms with van der Waals surface area (Å²) in [5, 5.41) is 4.07. The Hall–Kier alpha value is -0.870. The molecule has 0 unspecified atom stereocenters. The summed E-state index contributed by atoms with van der Waals surface area (Å²) in [5.41, 5.74) is 6.71. The Morgan fingerprint density at radius 2 is 1.79 bits per heavy atom. The van der Waals surface area contributed by atoms with Gasteiger partial charge in [-0.3, -0.25) is 0 Å². The zero-order valence-corrected chi connectivity index (χ0v) is 14.2. The fraction of sp³-hybridized carbons (Fsp3) is 0.400. The lowest BCUT2D eigenvalue weighted by Gasteiger charge is -2.10. The third kappa shape index (κ3) is 3.37. The third-order valence-corrected chi connectivity index (χ3v) is 5.16. The summed E-state index contributed by atoms with van der Waals surface area (Å²) in [6, 6.07) is 4.52. The molecule has 1 N–H and O–H groups in total. The van der Waals surface area contributed by atoms with E-state index in [0.717, 1.165) is 27.5 Å². The van der Waals surface area contributed by atoms with Crippen LogP contribution in [0.25, 0.3) is 0 Å². The summed E-state index contributed by atoms with van der Waals surface area (Å²) < 4.78 is 1.14. The van der Waals surface area contributed by atoms with Gasteiger partial charge in [0.15, 0.2) is 5.13 Å². The van der Waals surface area contributed by atoms with Crippen molar-refractivity contribution in [3.8, 4) is 0 Å². The smallest absolute Gasteiger partial charge is 0.183 e. The highest BCUT2D eigenvalue weighted by molar-refractivity contribution is 9.11. The number of hydrogen-bond donors (Lipinski definition) is 1. The summed E-state index contributed by atoms with van der Waals surface area (Å²) in [7, 11) is 1.91. The molecule has 2 nitrogen and oxygen atoms in total. The van der Waals surface area contributed by atoms with Gasteiger partial charge in [-0.1, -0.05) is 29.0 Å². The quantitative estimate of drug-likeness (QED) is 0.876. The lowest BCUT2D eigenvalue weighted by molar-refractivity contribution is 0.903. The highest BCUT2D eigenvalue weighted by atomic mass is 79.9. The molecule has 0 spiro atoms. The molecule has 19 heavy (non-hydrogen) atoms. The molecule has 0 bridgehead atoms. The predicted octanol–water partition coefficient (Wildman–Crippen LogP) is 4.66. The van der Waals surface area contributed by atoms with Crippen LogP contribution in [0.4, 0.5) is 5.13 Å². The highest BCUT2D eigenvalue weighted by Crippen LogP contribution is 2.29. The van der Waals surface area contributed by atoms with Gasteiger partial charge in [0.1, 0.15) is 0 Å². The van der Waals surface area contributed by atoms with Gasteiger partial charge < -0.3 is 5.32 Å². The molecule has 0 aliphatic carbocycles. The Morgan fingerprint density at radius 3 is 2.32 bits per heavy atom. The molecule has 1 heterocycles. The SMILES string of the molecule is CNc1nc(CCc2c(C)cc(C)cc2C)c(Br)s1. The molecule has 0 amide bonds. The first-order valence-corrected chi connectivity index (χ1v) is 8.02. The monoisotopic (exact) mass is 338 g/mol. The normalized spacial score (nSPS) is 10.8. The van der Waals surface area contributed by atoms with Crippen molar-refractivity contribution < 1.29 is 0 Å². The van der Waals surface area contributed by atoms with Gasteiger partial charge in [-0.05, 0) is 66.2 Å². The summed E-state index contributed by atoms with van der Waals surface area (Å²) in [6.45, 7) is 6.55. The topological polar surface area (TPSA) is 24.9 Å². The molecule has 102 valence electrons. The van der Waals surface area contributed by atoms with E-state index in [9.17, 15) is 0 Å². The van der Waals surface area contributed by atoms with E-state index >= 15 is 0 Å². The van der Waals surface area contributed by atoms with Crippen molar-refractivity contribution in [2.24, 2.45) is 0 Å². The largest absolute Gasteiger partial charge is 0.365 e. The molecule has 0 saturated heterocycles. The van der Waals surface area contributed by atoms with E-state index in [1.165, 1.54) is 22.3 Å². The first kappa shape index (κ1) is 14.5. The molecule has 0 saturated carbocycles. The van der Waals surface area contributed by atoms with E-state index in [0.29, 0.717) is 0 Å². The number of benzene rings is 1. The molecule has 1 aromatic carbocycles. The second-order valence-electron chi connectivity index (χ2n) is 4.87. The fourth-order valence-electron chi connectivity index (χ4n) is 2.44. The van der Waals surface area contributed by atoms with Crippen LogP contribution < -0.4 is 5.32 Å². The lowest BCUT2D eigenvalue weighted by atomic mass is 9.96. The molecular weight excluding hydrogens is 320 g/mol. The van der Waals surface area contributed by atoms with Crippen LogP contribution in [0.1, 0.15) is 27.9 Å². The van der Waals surface area contributed by atoms with E-state index in [4.69, 9.17) is 0 Å². The summed E-state index contributed by atoms with van der Waals surface area (Å²) >= 11 is 5.25. The molecule has 0 aliphatic heterocycles. The van der Waals surface area contributed by atoms with E-state index in [2.05, 4.69) is 59.1 Å². The summed E-state index contributed by atoms with van der Waals surface area (Å²) in [5.74, 6) is 0. The zero-order valence-electron chi connectivity index (χ0n) is 11.8. The molecule has 0 radical (unpaired) electrons. The number of nitrogens with zero attached hydrogens (tertiary/aromatic N) is 1. The molecule has 0 fully saturated rings. The highest BCUT2D eigenvalue weighted by Gasteiger charge is 2.10. The Labute approximate surface area is 127 Å². The predicted molar refractivity (Wildman–Crippen MR) is 87.4 cm³/mol. The number of halogens is 1. The van der Waals surface area contributed by atoms with Gasteiger partial charge in [-0.15, -0.1) is 0 Å². The number of aryl methyl sites for hydroxylation is 4. The standard InChI is InChI=1S/C15H19BrN2S/c1-9-7-10(2)12(11(3)8-9)5-6-13-14(16)19-15(17-4)18-13/h7-8H,5-6H2,1-4H3,(H,17,18). The first-order chi connectivity index (χ1) is 9.01. The minimum absolute atomic E-state index is 0.972. The second-order valence-corrected chi connectivity index (χ2v) is 7.18. The minimum atomic E-state index is 0.972. The Balaban J connectivity index is 2.16. The molecule has 1 aromatic heterocycles. The minimum Gasteiger partial charge on any atom is -0.365 e. The average Bonchev–Trinajstić information content (AvgIpc) is 2.69. The number of rotatable bonds is 4. The first-order valence-electron chi connectivity index (χ1n) is 6.41. The molecule has 2 aromatic rings. The molecule has 0 atom stereocenters. The van der Waals surface area contributed by atoms with Crippen LogP contribution in [0.3, 0.4) is 0 Å². The van der Waals surface area contributed by atoms with Gasteiger partial charge in [-0.25, -0.2) is 4.98 Å². The maximum Gasteiger partial charge on any atom is 0.183 e. The van der Waals surface area contributed by atoms with Gasteiger partial charge in [0.05, 0.1) is 9.48 Å². The van der Waals surface area contributed by atoms with Crippen LogP contribution in [0, 0.1) is 20.8 Å². The van der Waals surface area contributed by atoms with Gasteiger partial charge >= 0.3 is 0 Å². The van der Waals surface area contributed by atoms with Crippen LogP contribution in [0.2, 0.25) is 0 Å². The van der Waals surface area contributed by atoms with Crippen molar-refractivity contribution in [2.45, 2.75) is 33.6 Å². The number of hydrogen-bond acceptors (Lipinski definition) is 3. The van der Waals surface area contributed by atoms with Crippen LogP contribution in [0.15, 0.2) is 15.9 Å². The second kappa shape index (κ2) is 6.06. The Bertz CT molecular complexity index is 567. The molecule has 2 rings (SSSR count). The van der Waals surface area contributed by atoms with E-state index in [1.807, 2.05) is 7.05 Å². The van der Waals surface area contributed by atoms with Crippen molar-refractivity contribution in [1.29, 1.82) is 0 Å². The lowest BCUT2D eigenvalue weighted by Crippen LogP contribution is -1.99. The molecular formula is C15H19BrN2S. The van der Waals surface area contributed by atoms with Gasteiger partial charge in [0, 0.05) is 7.05 Å². The van der Waals surface area contributed by atoms with E-state index in [1.54, 1.807) is 11.3 Å². The molecule has 4 heteroatoms. The molecule has 0 aliphatic rings. The average molecular weight is 339 g/mol. The van der Waals surface area contributed by atoms with Crippen molar-refractivity contribution in [2.75, 3.05) is 12.4 Å². The summed E-state index contributed by atoms with van der Waals surface area (Å²) in [4.78, 5) is 4.58. The van der Waals surface area contributed by atoms with Crippen LogP contribution in [-0.2, 0) is 12.8 Å². The van der Waals surface area contributed by atoms with Crippen molar-refractivity contribution in [3.63, 3.8) is 0 Å². The number of anilines is 1. The van der Waals surface area contributed by atoms with Crippen LogP contribution in [0.5, 0.6) is 0 Å². The maximum atomic E-state index is 4.58. The Kier molecular flexibility index (Phi) is 4.63.